The van der Waals surface area contributed by atoms with E-state index in [4.69, 9.17) is 4.74 Å². The van der Waals surface area contributed by atoms with Crippen molar-refractivity contribution in [1.29, 1.82) is 0 Å². The van der Waals surface area contributed by atoms with E-state index >= 15 is 0 Å². The van der Waals surface area contributed by atoms with Crippen LogP contribution >= 0.6 is 0 Å². The van der Waals surface area contributed by atoms with Gasteiger partial charge >= 0.3 is 0 Å². The van der Waals surface area contributed by atoms with Crippen LogP contribution in [-0.4, -0.2) is 47.5 Å². The average molecular weight is 328 g/mol. The zero-order valence-electron chi connectivity index (χ0n) is 14.9. The summed E-state index contributed by atoms with van der Waals surface area (Å²) in [7, 11) is 2.18. The van der Waals surface area contributed by atoms with Gasteiger partial charge in [0, 0.05) is 31.9 Å². The summed E-state index contributed by atoms with van der Waals surface area (Å²) < 4.78 is 8.15. The number of benzene rings is 1. The van der Waals surface area contributed by atoms with E-state index in [9.17, 15) is 0 Å². The molecule has 1 saturated heterocycles. The Kier molecular flexibility index (Phi) is 5.66. The predicted molar refractivity (Wildman–Crippen MR) is 95.9 cm³/mol. The van der Waals surface area contributed by atoms with E-state index in [1.54, 1.807) is 0 Å². The molecule has 1 aliphatic rings. The lowest BCUT2D eigenvalue weighted by Gasteiger charge is -2.39. The minimum atomic E-state index is 0.154. The highest BCUT2D eigenvalue weighted by atomic mass is 16.5. The van der Waals surface area contributed by atoms with Gasteiger partial charge in [0.15, 0.2) is 0 Å². The monoisotopic (exact) mass is 328 g/mol. The van der Waals surface area contributed by atoms with Crippen molar-refractivity contribution in [2.45, 2.75) is 38.6 Å². The van der Waals surface area contributed by atoms with Crippen molar-refractivity contribution in [2.24, 2.45) is 0 Å². The molecule has 130 valence electrons. The van der Waals surface area contributed by atoms with Crippen LogP contribution in [-0.2, 0) is 11.3 Å². The Bertz CT molecular complexity index is 625. The molecule has 2 atom stereocenters. The van der Waals surface area contributed by atoms with E-state index < -0.39 is 0 Å². The highest BCUT2D eigenvalue weighted by Gasteiger charge is 2.31. The van der Waals surface area contributed by atoms with E-state index in [0.717, 1.165) is 26.2 Å². The highest BCUT2D eigenvalue weighted by Crippen LogP contribution is 2.27. The number of rotatable bonds is 6. The number of morpholine rings is 1. The van der Waals surface area contributed by atoms with Crippen molar-refractivity contribution in [1.82, 2.24) is 20.0 Å². The van der Waals surface area contributed by atoms with Gasteiger partial charge in [0.1, 0.15) is 0 Å². The molecular weight excluding hydrogens is 300 g/mol. The second-order valence-corrected chi connectivity index (χ2v) is 6.74. The largest absolute Gasteiger partial charge is 0.374 e. The van der Waals surface area contributed by atoms with Crippen molar-refractivity contribution in [2.75, 3.05) is 26.7 Å². The van der Waals surface area contributed by atoms with Gasteiger partial charge in [-0.25, -0.2) is 0 Å². The molecule has 1 fully saturated rings. The number of aromatic nitrogens is 2. The van der Waals surface area contributed by atoms with Crippen LogP contribution in [0.2, 0.25) is 0 Å². The number of likely N-dealkylation sites (N-methyl/N-ethyl adjacent to an activating group) is 1. The van der Waals surface area contributed by atoms with Crippen molar-refractivity contribution in [3.05, 3.63) is 53.9 Å². The summed E-state index contributed by atoms with van der Waals surface area (Å²) in [6.07, 6.45) is 2.02. The first kappa shape index (κ1) is 17.1. The minimum absolute atomic E-state index is 0.154. The highest BCUT2D eigenvalue weighted by molar-refractivity contribution is 5.21. The van der Waals surface area contributed by atoms with Gasteiger partial charge < -0.3 is 10.1 Å². The molecule has 0 amide bonds. The van der Waals surface area contributed by atoms with Gasteiger partial charge in [-0.3, -0.25) is 9.58 Å². The van der Waals surface area contributed by atoms with Crippen molar-refractivity contribution < 1.29 is 4.74 Å². The molecule has 2 aromatic rings. The first-order valence-corrected chi connectivity index (χ1v) is 8.76. The van der Waals surface area contributed by atoms with Crippen molar-refractivity contribution in [3.8, 4) is 0 Å². The van der Waals surface area contributed by atoms with Crippen LogP contribution in [0.4, 0.5) is 0 Å². The maximum Gasteiger partial charge on any atom is 0.0896 e. The first-order valence-electron chi connectivity index (χ1n) is 8.76. The lowest BCUT2D eigenvalue weighted by Crippen LogP contribution is -2.47. The lowest BCUT2D eigenvalue weighted by molar-refractivity contribution is -0.0615. The second kappa shape index (κ2) is 7.92. The lowest BCUT2D eigenvalue weighted by atomic mass is 9.98. The van der Waals surface area contributed by atoms with Crippen LogP contribution in [0.15, 0.2) is 42.6 Å². The van der Waals surface area contributed by atoms with Gasteiger partial charge in [0.25, 0.3) is 0 Å². The molecule has 0 radical (unpaired) electrons. The molecule has 0 bridgehead atoms. The Labute approximate surface area is 144 Å². The summed E-state index contributed by atoms with van der Waals surface area (Å²) in [5.41, 5.74) is 2.53. The predicted octanol–water partition coefficient (Wildman–Crippen LogP) is 2.63. The van der Waals surface area contributed by atoms with Crippen LogP contribution in [0, 0.1) is 0 Å². The van der Waals surface area contributed by atoms with Crippen molar-refractivity contribution >= 4 is 0 Å². The van der Waals surface area contributed by atoms with Gasteiger partial charge in [-0.1, -0.05) is 30.3 Å². The fourth-order valence-corrected chi connectivity index (χ4v) is 3.44. The zero-order valence-corrected chi connectivity index (χ0v) is 14.9. The van der Waals surface area contributed by atoms with Crippen LogP contribution < -0.4 is 5.32 Å². The molecule has 2 heterocycles. The van der Waals surface area contributed by atoms with Crippen molar-refractivity contribution in [3.63, 3.8) is 0 Å². The smallest absolute Gasteiger partial charge is 0.0896 e. The number of nitrogens with zero attached hydrogens (tertiary/aromatic N) is 3. The molecule has 0 spiro atoms. The average Bonchev–Trinajstić information content (AvgIpc) is 3.04. The third-order valence-electron chi connectivity index (χ3n) is 4.64. The fraction of sp³-hybridized carbons (Fsp3) is 0.526. The Morgan fingerprint density at radius 2 is 2.04 bits per heavy atom. The molecule has 5 nitrogen and oxygen atoms in total. The summed E-state index contributed by atoms with van der Waals surface area (Å²) in [4.78, 5) is 2.39. The van der Waals surface area contributed by atoms with E-state index in [2.05, 4.69) is 77.3 Å². The SMILES string of the molecule is CC(C)n1nccc1CNC[C@@H]1OCCN(C)[C@H]1c1ccccc1. The van der Waals surface area contributed by atoms with E-state index in [1.165, 1.54) is 11.3 Å². The Hall–Kier alpha value is -1.69. The summed E-state index contributed by atoms with van der Waals surface area (Å²) >= 11 is 0. The summed E-state index contributed by atoms with van der Waals surface area (Å²) in [6.45, 7) is 7.70. The first-order chi connectivity index (χ1) is 11.7. The molecule has 5 heteroatoms. The van der Waals surface area contributed by atoms with Gasteiger partial charge in [-0.15, -0.1) is 0 Å². The molecule has 24 heavy (non-hydrogen) atoms. The molecule has 1 aliphatic heterocycles. The maximum atomic E-state index is 6.09. The maximum absolute atomic E-state index is 6.09. The van der Waals surface area contributed by atoms with Gasteiger partial charge in [0.2, 0.25) is 0 Å². The third-order valence-corrected chi connectivity index (χ3v) is 4.64. The van der Waals surface area contributed by atoms with Gasteiger partial charge in [-0.05, 0) is 32.5 Å². The molecule has 0 saturated carbocycles. The van der Waals surface area contributed by atoms with Crippen LogP contribution in [0.3, 0.4) is 0 Å². The van der Waals surface area contributed by atoms with E-state index in [0.29, 0.717) is 12.1 Å². The molecule has 1 aromatic heterocycles. The van der Waals surface area contributed by atoms with Crippen LogP contribution in [0.25, 0.3) is 0 Å². The van der Waals surface area contributed by atoms with Gasteiger partial charge in [0.05, 0.1) is 24.4 Å². The normalized spacial score (nSPS) is 22.2. The van der Waals surface area contributed by atoms with E-state index in [1.807, 2.05) is 6.20 Å². The molecule has 1 aromatic carbocycles. The number of ether oxygens (including phenoxy) is 1. The molecule has 3 rings (SSSR count). The summed E-state index contributed by atoms with van der Waals surface area (Å²) in [5.74, 6) is 0. The topological polar surface area (TPSA) is 42.3 Å². The number of nitrogens with one attached hydrogen (secondary N) is 1. The van der Waals surface area contributed by atoms with Gasteiger partial charge in [-0.2, -0.15) is 5.10 Å². The number of hydrogen-bond donors (Lipinski definition) is 1. The standard InChI is InChI=1S/C19H28N4O/c1-15(2)23-17(9-10-21-23)13-20-14-18-19(22(3)11-12-24-18)16-7-5-4-6-8-16/h4-10,15,18-20H,11-14H2,1-3H3/t18-,19-/m0/s1. The summed E-state index contributed by atoms with van der Waals surface area (Å²) in [6, 6.07) is 13.4. The Morgan fingerprint density at radius 3 is 2.79 bits per heavy atom. The summed E-state index contributed by atoms with van der Waals surface area (Å²) in [5, 5.41) is 7.95. The Balaban J connectivity index is 1.63. The molecule has 0 aliphatic carbocycles. The fourth-order valence-electron chi connectivity index (χ4n) is 3.44. The van der Waals surface area contributed by atoms with Crippen LogP contribution in [0.1, 0.15) is 37.2 Å². The zero-order chi connectivity index (χ0) is 16.9. The third kappa shape index (κ3) is 3.86. The van der Waals surface area contributed by atoms with E-state index in [-0.39, 0.29) is 6.10 Å². The quantitative estimate of drug-likeness (QED) is 0.885. The minimum Gasteiger partial charge on any atom is -0.374 e. The van der Waals surface area contributed by atoms with Crippen LogP contribution in [0.5, 0.6) is 0 Å². The Morgan fingerprint density at radius 1 is 1.25 bits per heavy atom. The molecule has 1 N–H and O–H groups in total. The number of hydrogen-bond acceptors (Lipinski definition) is 4. The molecular formula is C19H28N4O. The molecule has 0 unspecified atom stereocenters. The second-order valence-electron chi connectivity index (χ2n) is 6.74.